The molecule has 0 bridgehead atoms. The second kappa shape index (κ2) is 13.6. The van der Waals surface area contributed by atoms with E-state index in [9.17, 15) is 14.7 Å². The number of aryl methyl sites for hydroxylation is 2. The second-order valence-corrected chi connectivity index (χ2v) is 11.9. The molecule has 1 unspecified atom stereocenters. The second-order valence-electron chi connectivity index (χ2n) is 10.6. The number of hydrogen-bond acceptors (Lipinski definition) is 5. The van der Waals surface area contributed by atoms with Crippen LogP contribution < -0.4 is 10.9 Å². The Morgan fingerprint density at radius 1 is 1.07 bits per heavy atom. The molecule has 0 saturated carbocycles. The first-order valence-corrected chi connectivity index (χ1v) is 15.5. The highest BCUT2D eigenvalue weighted by atomic mass is 35.5. The molecule has 1 amide bonds. The van der Waals surface area contributed by atoms with Crippen LogP contribution in [-0.2, 0) is 19.3 Å². The Morgan fingerprint density at radius 2 is 1.73 bits per heavy atom. The normalized spacial score (nSPS) is 12.1. The van der Waals surface area contributed by atoms with Crippen LogP contribution in [0.4, 0.5) is 0 Å². The number of para-hydroxylation sites is 1. The fraction of sp³-hybridized carbons (Fsp3) is 0.364. The molecule has 4 aromatic rings. The number of thiazole rings is 1. The molecule has 0 aliphatic heterocycles. The number of carbonyl (C=O) groups excluding carboxylic acids is 1. The summed E-state index contributed by atoms with van der Waals surface area (Å²) in [5, 5.41) is 15.9. The molecule has 0 aliphatic rings. The van der Waals surface area contributed by atoms with Crippen LogP contribution in [-0.4, -0.2) is 33.2 Å². The van der Waals surface area contributed by atoms with Gasteiger partial charge in [0.2, 0.25) is 0 Å². The first-order chi connectivity index (χ1) is 19.7. The molecule has 41 heavy (non-hydrogen) atoms. The van der Waals surface area contributed by atoms with Crippen LogP contribution in [0.1, 0.15) is 68.2 Å². The van der Waals surface area contributed by atoms with Gasteiger partial charge in [-0.15, -0.1) is 11.3 Å². The van der Waals surface area contributed by atoms with E-state index in [2.05, 4.69) is 33.0 Å². The molecular formula is C33H38ClN3O3S. The van der Waals surface area contributed by atoms with Crippen molar-refractivity contribution in [1.29, 1.82) is 0 Å². The summed E-state index contributed by atoms with van der Waals surface area (Å²) >= 11 is 7.46. The van der Waals surface area contributed by atoms with E-state index in [-0.39, 0.29) is 30.0 Å². The van der Waals surface area contributed by atoms with E-state index >= 15 is 0 Å². The highest BCUT2D eigenvalue weighted by Gasteiger charge is 2.26. The van der Waals surface area contributed by atoms with Crippen LogP contribution in [0.3, 0.4) is 0 Å². The lowest BCUT2D eigenvalue weighted by Gasteiger charge is -2.24. The lowest BCUT2D eigenvalue weighted by atomic mass is 9.97. The molecular weight excluding hydrogens is 554 g/mol. The third kappa shape index (κ3) is 6.64. The average molecular weight is 592 g/mol. The molecule has 0 saturated heterocycles. The number of aliphatic hydroxyl groups is 1. The van der Waals surface area contributed by atoms with Gasteiger partial charge in [0.1, 0.15) is 5.01 Å². The van der Waals surface area contributed by atoms with Crippen molar-refractivity contribution in [3.05, 3.63) is 91.7 Å². The van der Waals surface area contributed by atoms with E-state index in [1.54, 1.807) is 10.6 Å². The largest absolute Gasteiger partial charge is 0.394 e. The number of hydrogen-bond donors (Lipinski definition) is 2. The summed E-state index contributed by atoms with van der Waals surface area (Å²) in [6.45, 7) is 10.1. The number of carbonyl (C=O) groups is 1. The average Bonchev–Trinajstić information content (AvgIpc) is 3.46. The lowest BCUT2D eigenvalue weighted by molar-refractivity contribution is 0.0913. The van der Waals surface area contributed by atoms with Gasteiger partial charge < -0.3 is 10.4 Å². The first-order valence-electron chi connectivity index (χ1n) is 14.3. The fourth-order valence-corrected chi connectivity index (χ4v) is 5.98. The summed E-state index contributed by atoms with van der Waals surface area (Å²) in [4.78, 5) is 33.2. The molecule has 2 aromatic carbocycles. The lowest BCUT2D eigenvalue weighted by Crippen LogP contribution is -2.39. The Kier molecular flexibility index (Phi) is 10.2. The number of rotatable bonds is 11. The zero-order chi connectivity index (χ0) is 29.7. The van der Waals surface area contributed by atoms with E-state index in [1.807, 2.05) is 54.8 Å². The quantitative estimate of drug-likeness (QED) is 0.195. The van der Waals surface area contributed by atoms with Crippen LogP contribution in [0.5, 0.6) is 0 Å². The molecule has 2 N–H and O–H groups in total. The summed E-state index contributed by atoms with van der Waals surface area (Å²) in [6.07, 6.45) is 2.60. The van der Waals surface area contributed by atoms with E-state index in [1.165, 1.54) is 11.3 Å². The molecule has 8 heteroatoms. The van der Waals surface area contributed by atoms with Crippen LogP contribution in [0.25, 0.3) is 27.5 Å². The monoisotopic (exact) mass is 591 g/mol. The van der Waals surface area contributed by atoms with Gasteiger partial charge in [0.15, 0.2) is 0 Å². The van der Waals surface area contributed by atoms with Crippen molar-refractivity contribution in [2.24, 2.45) is 5.92 Å². The molecule has 1 atom stereocenters. The number of pyridine rings is 1. The molecule has 0 spiro atoms. The third-order valence-electron chi connectivity index (χ3n) is 7.26. The molecule has 4 rings (SSSR count). The predicted octanol–water partition coefficient (Wildman–Crippen LogP) is 7.11. The van der Waals surface area contributed by atoms with Crippen LogP contribution in [0, 0.1) is 5.92 Å². The number of nitrogens with one attached hydrogen (secondary N) is 1. The Balaban J connectivity index is 2.04. The van der Waals surface area contributed by atoms with Crippen molar-refractivity contribution in [2.45, 2.75) is 66.3 Å². The van der Waals surface area contributed by atoms with Gasteiger partial charge in [-0.05, 0) is 60.9 Å². The highest BCUT2D eigenvalue weighted by Crippen LogP contribution is 2.31. The van der Waals surface area contributed by atoms with Crippen molar-refractivity contribution in [2.75, 3.05) is 6.61 Å². The number of aromatic nitrogens is 2. The predicted molar refractivity (Wildman–Crippen MR) is 170 cm³/mol. The maximum absolute atomic E-state index is 14.5. The molecule has 216 valence electrons. The molecule has 0 radical (unpaired) electrons. The van der Waals surface area contributed by atoms with Crippen molar-refractivity contribution in [1.82, 2.24) is 14.9 Å². The number of aliphatic hydroxyl groups excluding tert-OH is 1. The van der Waals surface area contributed by atoms with Crippen molar-refractivity contribution in [3.63, 3.8) is 0 Å². The number of halogens is 1. The van der Waals surface area contributed by atoms with Gasteiger partial charge in [0.25, 0.3) is 11.5 Å². The van der Waals surface area contributed by atoms with Gasteiger partial charge in [0, 0.05) is 21.7 Å². The number of amides is 1. The SMILES string of the molecule is CCc1cccc(CC)c1-n1c(CC(C)C)c(C(=O)NC(CC)CO)cc(-c2nc(-c3ccc(Cl)cc3)cs2)c1=O. The maximum Gasteiger partial charge on any atom is 0.265 e. The molecule has 2 aromatic heterocycles. The molecule has 0 aliphatic carbocycles. The van der Waals surface area contributed by atoms with E-state index < -0.39 is 0 Å². The minimum atomic E-state index is -0.385. The Bertz CT molecular complexity index is 1550. The topological polar surface area (TPSA) is 84.2 Å². The van der Waals surface area contributed by atoms with Gasteiger partial charge in [0.05, 0.1) is 35.2 Å². The van der Waals surface area contributed by atoms with Gasteiger partial charge in [-0.2, -0.15) is 0 Å². The molecule has 2 heterocycles. The summed E-state index contributed by atoms with van der Waals surface area (Å²) < 4.78 is 1.77. The van der Waals surface area contributed by atoms with Crippen LogP contribution in [0.2, 0.25) is 5.02 Å². The van der Waals surface area contributed by atoms with Crippen molar-refractivity contribution < 1.29 is 9.90 Å². The van der Waals surface area contributed by atoms with E-state index in [0.717, 1.165) is 40.9 Å². The Morgan fingerprint density at radius 3 is 2.29 bits per heavy atom. The van der Waals surface area contributed by atoms with Crippen LogP contribution in [0.15, 0.2) is 58.7 Å². The standard InChI is InChI=1S/C33H38ClN3O3S/c1-6-21-10-9-11-22(7-2)30(21)37-29(16-20(4)5)26(31(39)35-25(8-3)18-38)17-27(33(37)40)32-36-28(19-41-32)23-12-14-24(34)15-13-23/h9-15,17,19-20,25,38H,6-8,16,18H2,1-5H3,(H,35,39). The summed E-state index contributed by atoms with van der Waals surface area (Å²) in [5.74, 6) is -0.119. The van der Waals surface area contributed by atoms with Crippen LogP contribution >= 0.6 is 22.9 Å². The van der Waals surface area contributed by atoms with Crippen molar-refractivity contribution in [3.8, 4) is 27.5 Å². The van der Waals surface area contributed by atoms with Gasteiger partial charge >= 0.3 is 0 Å². The fourth-order valence-electron chi connectivity index (χ4n) is 5.02. The first kappa shape index (κ1) is 30.7. The van der Waals surface area contributed by atoms with Gasteiger partial charge in [-0.1, -0.05) is 76.6 Å². The summed E-state index contributed by atoms with van der Waals surface area (Å²) in [5.41, 5.74) is 5.84. The van der Waals surface area contributed by atoms with E-state index in [4.69, 9.17) is 16.6 Å². The summed E-state index contributed by atoms with van der Waals surface area (Å²) in [7, 11) is 0. The summed E-state index contributed by atoms with van der Waals surface area (Å²) in [6, 6.07) is 14.9. The Hall–Kier alpha value is -3.26. The third-order valence-corrected chi connectivity index (χ3v) is 8.39. The zero-order valence-corrected chi connectivity index (χ0v) is 25.9. The van der Waals surface area contributed by atoms with Gasteiger partial charge in [-0.3, -0.25) is 14.2 Å². The minimum absolute atomic E-state index is 0.163. The zero-order valence-electron chi connectivity index (χ0n) is 24.3. The molecule has 0 fully saturated rings. The molecule has 6 nitrogen and oxygen atoms in total. The number of nitrogens with zero attached hydrogens (tertiary/aromatic N) is 2. The maximum atomic E-state index is 14.5. The highest BCUT2D eigenvalue weighted by molar-refractivity contribution is 7.13. The Labute approximate surface area is 251 Å². The van der Waals surface area contributed by atoms with E-state index in [0.29, 0.717) is 39.7 Å². The number of benzene rings is 2. The minimum Gasteiger partial charge on any atom is -0.394 e. The van der Waals surface area contributed by atoms with Gasteiger partial charge in [-0.25, -0.2) is 4.98 Å². The smallest absolute Gasteiger partial charge is 0.265 e. The van der Waals surface area contributed by atoms with Crippen molar-refractivity contribution >= 4 is 28.8 Å².